The zero-order valence-electron chi connectivity index (χ0n) is 15.1. The molecule has 150 valence electrons. The Morgan fingerprint density at radius 1 is 1.14 bits per heavy atom. The molecule has 1 fully saturated rings. The average Bonchev–Trinajstić information content (AvgIpc) is 2.71. The first-order chi connectivity index (χ1) is 13.5. The van der Waals surface area contributed by atoms with Crippen LogP contribution in [0.4, 0.5) is 5.69 Å². The number of amides is 1. The number of nitrogens with one attached hydrogen (secondary N) is 1. The largest absolute Gasteiger partial charge is 0.379 e. The van der Waals surface area contributed by atoms with Crippen LogP contribution in [0.15, 0.2) is 53.4 Å². The summed E-state index contributed by atoms with van der Waals surface area (Å²) in [6.07, 6.45) is 0. The van der Waals surface area contributed by atoms with E-state index in [9.17, 15) is 13.2 Å². The maximum absolute atomic E-state index is 12.8. The molecule has 1 amide bonds. The molecule has 0 saturated carbocycles. The summed E-state index contributed by atoms with van der Waals surface area (Å²) in [7, 11) is -3.77. The van der Waals surface area contributed by atoms with Crippen molar-refractivity contribution in [1.82, 2.24) is 4.31 Å². The predicted molar refractivity (Wildman–Crippen MR) is 106 cm³/mol. The Morgan fingerprint density at radius 2 is 1.86 bits per heavy atom. The lowest BCUT2D eigenvalue weighted by Gasteiger charge is -2.26. The van der Waals surface area contributed by atoms with Crippen LogP contribution in [0.3, 0.4) is 0 Å². The second kappa shape index (κ2) is 9.49. The van der Waals surface area contributed by atoms with Crippen molar-refractivity contribution < 1.29 is 22.7 Å². The molecule has 0 atom stereocenters. The Kier molecular flexibility index (Phi) is 7.03. The monoisotopic (exact) mass is 424 g/mol. The van der Waals surface area contributed by atoms with E-state index in [1.165, 1.54) is 16.4 Å². The van der Waals surface area contributed by atoms with Crippen molar-refractivity contribution in [2.24, 2.45) is 0 Å². The van der Waals surface area contributed by atoms with Crippen LogP contribution in [-0.4, -0.2) is 51.5 Å². The number of rotatable bonds is 7. The number of morpholine rings is 1. The van der Waals surface area contributed by atoms with Crippen molar-refractivity contribution in [3.05, 3.63) is 59.1 Å². The summed E-state index contributed by atoms with van der Waals surface area (Å²) in [5, 5.41) is 2.74. The lowest BCUT2D eigenvalue weighted by Crippen LogP contribution is -2.40. The van der Waals surface area contributed by atoms with Gasteiger partial charge in [-0.3, -0.25) is 4.79 Å². The Morgan fingerprint density at radius 3 is 2.57 bits per heavy atom. The van der Waals surface area contributed by atoms with E-state index in [1.54, 1.807) is 6.07 Å². The van der Waals surface area contributed by atoms with Gasteiger partial charge in [-0.05, 0) is 23.8 Å². The summed E-state index contributed by atoms with van der Waals surface area (Å²) in [6, 6.07) is 13.9. The van der Waals surface area contributed by atoms with E-state index in [2.05, 4.69) is 5.32 Å². The van der Waals surface area contributed by atoms with Gasteiger partial charge in [0, 0.05) is 18.8 Å². The first-order valence-electron chi connectivity index (χ1n) is 8.76. The van der Waals surface area contributed by atoms with Crippen LogP contribution < -0.4 is 5.32 Å². The fraction of sp³-hybridized carbons (Fsp3) is 0.316. The van der Waals surface area contributed by atoms with Gasteiger partial charge in [-0.15, -0.1) is 0 Å². The van der Waals surface area contributed by atoms with E-state index in [1.807, 2.05) is 30.3 Å². The van der Waals surface area contributed by atoms with Crippen molar-refractivity contribution in [2.75, 3.05) is 38.2 Å². The number of sulfonamides is 1. The number of carbonyl (C=O) groups excluding carboxylic acids is 1. The number of ether oxygens (including phenoxy) is 2. The number of hydrogen-bond acceptors (Lipinski definition) is 5. The average molecular weight is 425 g/mol. The molecule has 2 aromatic carbocycles. The normalized spacial score (nSPS) is 15.3. The Hall–Kier alpha value is -1.97. The van der Waals surface area contributed by atoms with Crippen LogP contribution in [0.2, 0.25) is 5.02 Å². The van der Waals surface area contributed by atoms with Crippen LogP contribution in [0.25, 0.3) is 0 Å². The molecule has 0 aliphatic carbocycles. The smallest absolute Gasteiger partial charge is 0.250 e. The predicted octanol–water partition coefficient (Wildman–Crippen LogP) is 2.52. The van der Waals surface area contributed by atoms with Gasteiger partial charge in [-0.25, -0.2) is 8.42 Å². The Balaban J connectivity index is 1.63. The first-order valence-corrected chi connectivity index (χ1v) is 10.6. The number of hydrogen-bond donors (Lipinski definition) is 1. The van der Waals surface area contributed by atoms with E-state index in [0.717, 1.165) is 5.56 Å². The van der Waals surface area contributed by atoms with Gasteiger partial charge in [0.25, 0.3) is 0 Å². The molecule has 0 radical (unpaired) electrons. The maximum atomic E-state index is 12.8. The van der Waals surface area contributed by atoms with Gasteiger partial charge in [0.2, 0.25) is 15.9 Å². The Labute approximate surface area is 169 Å². The highest BCUT2D eigenvalue weighted by Crippen LogP contribution is 2.28. The van der Waals surface area contributed by atoms with Crippen molar-refractivity contribution >= 4 is 33.2 Å². The lowest BCUT2D eigenvalue weighted by molar-refractivity contribution is -0.121. The zero-order chi connectivity index (χ0) is 20.0. The molecule has 1 aliphatic heterocycles. The van der Waals surface area contributed by atoms with Crippen molar-refractivity contribution in [1.29, 1.82) is 0 Å². The lowest BCUT2D eigenvalue weighted by atomic mass is 10.2. The highest BCUT2D eigenvalue weighted by Gasteiger charge is 2.28. The minimum absolute atomic E-state index is 0.0425. The van der Waals surface area contributed by atoms with Gasteiger partial charge in [0.05, 0.1) is 24.8 Å². The van der Waals surface area contributed by atoms with Crippen LogP contribution in [0.1, 0.15) is 5.56 Å². The molecule has 9 heteroatoms. The quantitative estimate of drug-likeness (QED) is 0.738. The highest BCUT2D eigenvalue weighted by atomic mass is 35.5. The van der Waals surface area contributed by atoms with Gasteiger partial charge < -0.3 is 14.8 Å². The van der Waals surface area contributed by atoms with Gasteiger partial charge >= 0.3 is 0 Å². The molecule has 0 unspecified atom stereocenters. The molecule has 1 N–H and O–H groups in total. The molecule has 2 aromatic rings. The van der Waals surface area contributed by atoms with Crippen LogP contribution in [0, 0.1) is 0 Å². The SMILES string of the molecule is O=C(COCc1ccccc1)Nc1ccc(Cl)c(S(=O)(=O)N2CCOCC2)c1. The number of nitrogens with zero attached hydrogens (tertiary/aromatic N) is 1. The third-order valence-electron chi connectivity index (χ3n) is 4.15. The maximum Gasteiger partial charge on any atom is 0.250 e. The number of benzene rings is 2. The van der Waals surface area contributed by atoms with Crippen LogP contribution in [-0.2, 0) is 30.9 Å². The van der Waals surface area contributed by atoms with Crippen molar-refractivity contribution in [3.8, 4) is 0 Å². The highest BCUT2D eigenvalue weighted by molar-refractivity contribution is 7.89. The molecule has 1 saturated heterocycles. The van der Waals surface area contributed by atoms with Crippen molar-refractivity contribution in [3.63, 3.8) is 0 Å². The van der Waals surface area contributed by atoms with Crippen LogP contribution >= 0.6 is 11.6 Å². The minimum atomic E-state index is -3.77. The van der Waals surface area contributed by atoms with E-state index in [0.29, 0.717) is 25.5 Å². The number of anilines is 1. The van der Waals surface area contributed by atoms with Gasteiger partial charge in [0.15, 0.2) is 0 Å². The molecule has 3 rings (SSSR count). The van der Waals surface area contributed by atoms with E-state index < -0.39 is 10.0 Å². The summed E-state index contributed by atoms with van der Waals surface area (Å²) in [6.45, 7) is 1.37. The van der Waals surface area contributed by atoms with E-state index in [4.69, 9.17) is 21.1 Å². The van der Waals surface area contributed by atoms with Crippen molar-refractivity contribution in [2.45, 2.75) is 11.5 Å². The Bertz CT molecular complexity index is 915. The minimum Gasteiger partial charge on any atom is -0.379 e. The standard InChI is InChI=1S/C19H21ClN2O5S/c20-17-7-6-16(12-18(17)28(24,25)22-8-10-26-11-9-22)21-19(23)14-27-13-15-4-2-1-3-5-15/h1-7,12H,8-11,13-14H2,(H,21,23). The van der Waals surface area contributed by atoms with E-state index in [-0.39, 0.29) is 35.5 Å². The number of carbonyl (C=O) groups is 1. The van der Waals surface area contributed by atoms with Gasteiger partial charge in [0.1, 0.15) is 11.5 Å². The van der Waals surface area contributed by atoms with E-state index >= 15 is 0 Å². The fourth-order valence-corrected chi connectivity index (χ4v) is 4.65. The molecular formula is C19H21ClN2O5S. The molecule has 7 nitrogen and oxygen atoms in total. The topological polar surface area (TPSA) is 84.9 Å². The molecular weight excluding hydrogens is 404 g/mol. The molecule has 28 heavy (non-hydrogen) atoms. The molecule has 1 aliphatic rings. The van der Waals surface area contributed by atoms with Gasteiger partial charge in [-0.1, -0.05) is 41.9 Å². The molecule has 0 spiro atoms. The first kappa shape index (κ1) is 20.8. The van der Waals surface area contributed by atoms with Gasteiger partial charge in [-0.2, -0.15) is 4.31 Å². The summed E-state index contributed by atoms with van der Waals surface area (Å²) in [5.41, 5.74) is 1.30. The zero-order valence-corrected chi connectivity index (χ0v) is 16.7. The second-order valence-electron chi connectivity index (χ2n) is 6.19. The summed E-state index contributed by atoms with van der Waals surface area (Å²) in [5.74, 6) is -0.382. The molecule has 0 bridgehead atoms. The summed E-state index contributed by atoms with van der Waals surface area (Å²) >= 11 is 6.11. The van der Waals surface area contributed by atoms with Crippen LogP contribution in [0.5, 0.6) is 0 Å². The summed E-state index contributed by atoms with van der Waals surface area (Å²) in [4.78, 5) is 12.1. The molecule has 0 aromatic heterocycles. The number of halogens is 1. The fourth-order valence-electron chi connectivity index (χ4n) is 2.74. The third-order valence-corrected chi connectivity index (χ3v) is 6.53. The summed E-state index contributed by atoms with van der Waals surface area (Å²) < 4.78 is 37.6. The molecule has 1 heterocycles. The third kappa shape index (κ3) is 5.30. The second-order valence-corrected chi connectivity index (χ2v) is 8.50.